The van der Waals surface area contributed by atoms with Crippen molar-refractivity contribution in [2.45, 2.75) is 19.4 Å². The number of halogens is 3. The van der Waals surface area contributed by atoms with E-state index in [2.05, 4.69) is 0 Å². The number of hydrogen-bond acceptors (Lipinski definition) is 2. The number of Topliss-reactive ketones (excluding diaryl/α,β-unsaturated/α-hetero) is 2. The Morgan fingerprint density at radius 3 is 2.08 bits per heavy atom. The maximum atomic E-state index is 13.0. The molecule has 122 valence electrons. The van der Waals surface area contributed by atoms with Gasteiger partial charge in [-0.3, -0.25) is 9.59 Å². The molecule has 0 atom stereocenters. The van der Waals surface area contributed by atoms with Crippen molar-refractivity contribution in [3.05, 3.63) is 81.9 Å². The Morgan fingerprint density at radius 2 is 1.54 bits per heavy atom. The molecule has 0 unspecified atom stereocenters. The third kappa shape index (κ3) is 2.77. The first-order valence-electron chi connectivity index (χ1n) is 9.37. The normalized spacial score (nSPS) is 19.0. The summed E-state index contributed by atoms with van der Waals surface area (Å²) in [6.45, 7) is -3.10. The van der Waals surface area contributed by atoms with Crippen LogP contribution < -0.4 is 0 Å². The molecule has 24 heavy (non-hydrogen) atoms. The van der Waals surface area contributed by atoms with Gasteiger partial charge in [0.15, 0.2) is 11.6 Å². The molecule has 1 aliphatic carbocycles. The van der Waals surface area contributed by atoms with Crippen LogP contribution in [0.3, 0.4) is 0 Å². The summed E-state index contributed by atoms with van der Waals surface area (Å²) < 4.78 is 78.1. The Kier molecular flexibility index (Phi) is 2.63. The second-order valence-electron chi connectivity index (χ2n) is 5.15. The first-order chi connectivity index (χ1) is 13.3. The van der Waals surface area contributed by atoms with Crippen LogP contribution in [-0.2, 0) is 12.5 Å². The zero-order valence-corrected chi connectivity index (χ0v) is 12.1. The maximum absolute atomic E-state index is 13.0. The van der Waals surface area contributed by atoms with Crippen LogP contribution in [0.25, 0.3) is 0 Å². The van der Waals surface area contributed by atoms with Crippen LogP contribution in [0, 0.1) is 0 Å². The van der Waals surface area contributed by atoms with E-state index >= 15 is 0 Å². The second kappa shape index (κ2) is 5.74. The van der Waals surface area contributed by atoms with Crippen molar-refractivity contribution in [3.8, 4) is 0 Å². The van der Waals surface area contributed by atoms with Crippen LogP contribution in [0.4, 0.5) is 13.2 Å². The highest BCUT2D eigenvalue weighted by Crippen LogP contribution is 2.31. The average molecular weight is 335 g/mol. The van der Waals surface area contributed by atoms with Gasteiger partial charge in [0.05, 0.1) is 5.56 Å². The number of benzene rings is 2. The van der Waals surface area contributed by atoms with E-state index in [1.165, 1.54) is 24.3 Å². The minimum atomic E-state index is -4.65. The predicted octanol–water partition coefficient (Wildman–Crippen LogP) is 4.64. The van der Waals surface area contributed by atoms with E-state index in [-0.39, 0.29) is 16.7 Å². The zero-order valence-electron chi connectivity index (χ0n) is 17.1. The highest BCUT2D eigenvalue weighted by molar-refractivity contribution is 6.26. The molecule has 2 nitrogen and oxygen atoms in total. The number of carbonyl (C=O) groups excluding carboxylic acids is 2. The summed E-state index contributed by atoms with van der Waals surface area (Å²) in [6.07, 6.45) is -7.46. The van der Waals surface area contributed by atoms with Crippen molar-refractivity contribution < 1.29 is 29.6 Å². The van der Waals surface area contributed by atoms with Gasteiger partial charge in [0.25, 0.3) is 0 Å². The first-order valence-corrected chi connectivity index (χ1v) is 6.87. The van der Waals surface area contributed by atoms with Gasteiger partial charge >= 0.3 is 6.18 Å². The van der Waals surface area contributed by atoms with E-state index in [1.54, 1.807) is 0 Å². The molecular formula is C19H13F3O2. The van der Waals surface area contributed by atoms with Crippen LogP contribution in [0.2, 0.25) is 0 Å². The van der Waals surface area contributed by atoms with Gasteiger partial charge in [-0.05, 0) is 24.5 Å². The van der Waals surface area contributed by atoms with Crippen LogP contribution in [0.5, 0.6) is 0 Å². The smallest absolute Gasteiger partial charge is 0.289 e. The number of allylic oxidation sites excluding steroid dienone is 2. The Bertz CT molecular complexity index is 1040. The fraction of sp³-hybridized carbons (Fsp3) is 0.158. The summed E-state index contributed by atoms with van der Waals surface area (Å²) in [5.74, 6) is -2.00. The van der Waals surface area contributed by atoms with E-state index in [1.807, 2.05) is 0 Å². The molecule has 0 fully saturated rings. The number of rotatable bonds is 2. The van der Waals surface area contributed by atoms with Crippen LogP contribution in [-0.4, -0.2) is 11.6 Å². The molecule has 3 rings (SSSR count). The SMILES string of the molecule is [2H]C([2H])([2H])C1=C(C([2H])([2H])c2ccc(C(F)(F)F)cc2)C(=O)c2ccccc2C1=O. The lowest BCUT2D eigenvalue weighted by Gasteiger charge is -2.19. The minimum Gasteiger partial charge on any atom is -0.289 e. The molecule has 0 aromatic heterocycles. The minimum absolute atomic E-state index is 0.156. The van der Waals surface area contributed by atoms with E-state index < -0.39 is 47.7 Å². The number of alkyl halides is 3. The molecule has 0 bridgehead atoms. The predicted molar refractivity (Wildman–Crippen MR) is 83.0 cm³/mol. The van der Waals surface area contributed by atoms with Crippen molar-refractivity contribution in [1.29, 1.82) is 0 Å². The van der Waals surface area contributed by atoms with Crippen LogP contribution >= 0.6 is 0 Å². The lowest BCUT2D eigenvalue weighted by molar-refractivity contribution is -0.137. The van der Waals surface area contributed by atoms with Gasteiger partial charge in [-0.15, -0.1) is 0 Å². The molecule has 0 radical (unpaired) electrons. The molecule has 0 saturated heterocycles. The van der Waals surface area contributed by atoms with E-state index in [4.69, 9.17) is 6.85 Å². The van der Waals surface area contributed by atoms with Gasteiger partial charge in [0.2, 0.25) is 0 Å². The summed E-state index contributed by atoms with van der Waals surface area (Å²) in [5.41, 5.74) is -3.57. The van der Waals surface area contributed by atoms with Crippen molar-refractivity contribution >= 4 is 11.6 Å². The van der Waals surface area contributed by atoms with Gasteiger partial charge in [-0.1, -0.05) is 36.4 Å². The number of hydrogen-bond donors (Lipinski definition) is 0. The highest BCUT2D eigenvalue weighted by atomic mass is 19.4. The van der Waals surface area contributed by atoms with E-state index in [0.717, 1.165) is 12.1 Å². The monoisotopic (exact) mass is 335 g/mol. The van der Waals surface area contributed by atoms with Crippen molar-refractivity contribution in [2.24, 2.45) is 0 Å². The number of ketones is 2. The topological polar surface area (TPSA) is 34.1 Å². The summed E-state index contributed by atoms with van der Waals surface area (Å²) >= 11 is 0. The Balaban J connectivity index is 2.24. The Morgan fingerprint density at radius 1 is 0.958 bits per heavy atom. The molecule has 0 aliphatic heterocycles. The zero-order chi connectivity index (χ0) is 21.8. The fourth-order valence-electron chi connectivity index (χ4n) is 2.38. The number of fused-ring (bicyclic) bond motifs is 1. The lowest BCUT2D eigenvalue weighted by atomic mass is 9.82. The van der Waals surface area contributed by atoms with Gasteiger partial charge in [0.1, 0.15) is 0 Å². The Labute approximate surface area is 143 Å². The fourth-order valence-corrected chi connectivity index (χ4v) is 2.38. The largest absolute Gasteiger partial charge is 0.416 e. The number of carbonyl (C=O) groups is 2. The van der Waals surface area contributed by atoms with Crippen molar-refractivity contribution in [3.63, 3.8) is 0 Å². The first kappa shape index (κ1) is 11.0. The standard InChI is InChI=1S/C19H13F3O2/c1-11-16(10-12-6-8-13(9-7-12)19(20,21)22)18(24)15-5-3-2-4-14(15)17(11)23/h2-9H,10H2,1H3/i1D3,10D2. The molecule has 0 heterocycles. The third-order valence-corrected chi connectivity index (χ3v) is 3.60. The summed E-state index contributed by atoms with van der Waals surface area (Å²) in [7, 11) is 0. The maximum Gasteiger partial charge on any atom is 0.416 e. The van der Waals surface area contributed by atoms with Crippen molar-refractivity contribution in [2.75, 3.05) is 0 Å². The molecule has 0 spiro atoms. The Hall–Kier alpha value is -2.69. The van der Waals surface area contributed by atoms with Gasteiger partial charge in [0, 0.05) is 35.5 Å². The quantitative estimate of drug-likeness (QED) is 0.801. The summed E-state index contributed by atoms with van der Waals surface area (Å²) in [4.78, 5) is 25.8. The molecule has 2 aromatic carbocycles. The molecule has 2 aromatic rings. The molecule has 1 aliphatic rings. The van der Waals surface area contributed by atoms with Gasteiger partial charge in [-0.25, -0.2) is 0 Å². The van der Waals surface area contributed by atoms with Crippen LogP contribution in [0.15, 0.2) is 59.7 Å². The molecule has 0 N–H and O–H groups in total. The van der Waals surface area contributed by atoms with Crippen molar-refractivity contribution in [1.82, 2.24) is 0 Å². The highest BCUT2D eigenvalue weighted by Gasteiger charge is 2.31. The average Bonchev–Trinajstić information content (AvgIpc) is 2.62. The summed E-state index contributed by atoms with van der Waals surface area (Å²) in [5, 5.41) is 0. The molecular weight excluding hydrogens is 317 g/mol. The van der Waals surface area contributed by atoms with Gasteiger partial charge in [-0.2, -0.15) is 13.2 Å². The second-order valence-corrected chi connectivity index (χ2v) is 5.15. The lowest BCUT2D eigenvalue weighted by Crippen LogP contribution is -2.22. The molecule has 0 amide bonds. The third-order valence-electron chi connectivity index (χ3n) is 3.60. The van der Waals surface area contributed by atoms with E-state index in [0.29, 0.717) is 12.1 Å². The summed E-state index contributed by atoms with van der Waals surface area (Å²) in [6, 6.07) is 8.33. The molecule has 0 saturated carbocycles. The molecule has 5 heteroatoms. The van der Waals surface area contributed by atoms with E-state index in [9.17, 15) is 22.8 Å². The van der Waals surface area contributed by atoms with Crippen LogP contribution in [0.1, 0.15) is 45.5 Å². The van der Waals surface area contributed by atoms with Gasteiger partial charge < -0.3 is 0 Å².